The third-order valence-corrected chi connectivity index (χ3v) is 8.19. The highest BCUT2D eigenvalue weighted by atomic mass is 28.3. The second kappa shape index (κ2) is 10.7. The van der Waals surface area contributed by atoms with Crippen molar-refractivity contribution in [3.8, 4) is 0 Å². The molecule has 1 unspecified atom stereocenters. The van der Waals surface area contributed by atoms with Crippen LogP contribution in [0.25, 0.3) is 0 Å². The van der Waals surface area contributed by atoms with Gasteiger partial charge in [0, 0.05) is 19.7 Å². The zero-order chi connectivity index (χ0) is 26.1. The lowest BCUT2D eigenvalue weighted by atomic mass is 9.66. The molecular formula is C26H40N2O6Si. The van der Waals surface area contributed by atoms with Crippen molar-refractivity contribution in [2.45, 2.75) is 59.7 Å². The van der Waals surface area contributed by atoms with Crippen LogP contribution < -0.4 is 0 Å². The lowest BCUT2D eigenvalue weighted by Gasteiger charge is -2.50. The third kappa shape index (κ3) is 5.72. The Kier molecular flexibility index (Phi) is 8.31. The molecule has 194 valence electrons. The molecule has 35 heavy (non-hydrogen) atoms. The van der Waals surface area contributed by atoms with Gasteiger partial charge >= 0.3 is 12.1 Å². The molecule has 0 saturated carbocycles. The van der Waals surface area contributed by atoms with Crippen LogP contribution in [0.3, 0.4) is 0 Å². The largest absolute Gasteiger partial charge is 0.477 e. The van der Waals surface area contributed by atoms with Crippen LogP contribution in [-0.4, -0.2) is 74.3 Å². The summed E-state index contributed by atoms with van der Waals surface area (Å²) in [6, 6.07) is -0.150. The Labute approximate surface area is 210 Å². The fraction of sp³-hybridized carbons (Fsp3) is 0.654. The summed E-state index contributed by atoms with van der Waals surface area (Å²) in [6.07, 6.45) is 4.55. The van der Waals surface area contributed by atoms with Gasteiger partial charge in [0.05, 0.1) is 12.0 Å². The molecule has 0 radical (unpaired) electrons. The normalized spacial score (nSPS) is 25.6. The molecule has 0 spiro atoms. The Morgan fingerprint density at radius 2 is 2.00 bits per heavy atom. The molecule has 9 heteroatoms. The van der Waals surface area contributed by atoms with Crippen molar-refractivity contribution in [2.24, 2.45) is 23.2 Å². The summed E-state index contributed by atoms with van der Waals surface area (Å²) in [5.41, 5.74) is 1.56. The van der Waals surface area contributed by atoms with Crippen molar-refractivity contribution >= 4 is 27.0 Å². The molecule has 0 aromatic heterocycles. The minimum Gasteiger partial charge on any atom is -0.477 e. The predicted octanol–water partition coefficient (Wildman–Crippen LogP) is 3.81. The zero-order valence-electron chi connectivity index (χ0n) is 21.9. The van der Waals surface area contributed by atoms with E-state index in [-0.39, 0.29) is 53.5 Å². The van der Waals surface area contributed by atoms with Gasteiger partial charge in [-0.2, -0.15) is 0 Å². The number of hydrogen-bond acceptors (Lipinski definition) is 5. The van der Waals surface area contributed by atoms with E-state index in [4.69, 9.17) is 9.16 Å². The number of aliphatic carboxylic acids is 1. The summed E-state index contributed by atoms with van der Waals surface area (Å²) in [5, 5.41) is 10.0. The summed E-state index contributed by atoms with van der Waals surface area (Å²) < 4.78 is 11.2. The van der Waals surface area contributed by atoms with E-state index in [1.807, 2.05) is 6.92 Å². The fourth-order valence-electron chi connectivity index (χ4n) is 5.49. The molecule has 2 amide bonds. The average Bonchev–Trinajstić information content (AvgIpc) is 3.36. The Morgan fingerprint density at radius 3 is 2.57 bits per heavy atom. The highest BCUT2D eigenvalue weighted by Crippen LogP contribution is 2.50. The summed E-state index contributed by atoms with van der Waals surface area (Å²) in [7, 11) is -1.25. The van der Waals surface area contributed by atoms with Crippen molar-refractivity contribution in [1.82, 2.24) is 9.80 Å². The molecule has 4 atom stereocenters. The van der Waals surface area contributed by atoms with Crippen LogP contribution in [0.2, 0.25) is 13.1 Å². The lowest BCUT2D eigenvalue weighted by molar-refractivity contribution is -0.162. The number of hydrogen-bond donors (Lipinski definition) is 1. The second-order valence-corrected chi connectivity index (χ2v) is 13.6. The first-order chi connectivity index (χ1) is 16.4. The average molecular weight is 505 g/mol. The molecule has 1 N–H and O–H groups in total. The molecule has 0 bridgehead atoms. The number of carbonyl (C=O) groups is 3. The zero-order valence-corrected chi connectivity index (χ0v) is 23.0. The van der Waals surface area contributed by atoms with E-state index in [2.05, 4.69) is 46.5 Å². The Morgan fingerprint density at radius 1 is 1.31 bits per heavy atom. The van der Waals surface area contributed by atoms with Gasteiger partial charge in [-0.25, -0.2) is 9.59 Å². The first kappa shape index (κ1) is 27.2. The minimum absolute atomic E-state index is 0.0230. The number of carbonyl (C=O) groups excluding carboxylic acids is 2. The number of fused-ring (bicyclic) bond motifs is 1. The molecular weight excluding hydrogens is 464 g/mol. The van der Waals surface area contributed by atoms with E-state index in [0.717, 1.165) is 17.6 Å². The van der Waals surface area contributed by atoms with Gasteiger partial charge in [-0.05, 0) is 61.3 Å². The van der Waals surface area contributed by atoms with Crippen LogP contribution >= 0.6 is 0 Å². The number of allylic oxidation sites excluding steroid dienone is 1. The van der Waals surface area contributed by atoms with Crippen LogP contribution in [-0.2, 0) is 18.8 Å². The highest BCUT2D eigenvalue weighted by Gasteiger charge is 2.59. The Bertz CT molecular complexity index is 935. The number of ether oxygens (including phenoxy) is 1. The predicted molar refractivity (Wildman–Crippen MR) is 136 cm³/mol. The molecule has 3 heterocycles. The summed E-state index contributed by atoms with van der Waals surface area (Å²) in [4.78, 5) is 40.9. The Balaban J connectivity index is 1.78. The van der Waals surface area contributed by atoms with Gasteiger partial charge in [0.2, 0.25) is 5.91 Å². The van der Waals surface area contributed by atoms with Crippen molar-refractivity contribution in [2.75, 3.05) is 26.3 Å². The maximum Gasteiger partial charge on any atom is 0.410 e. The molecule has 8 nitrogen and oxygen atoms in total. The van der Waals surface area contributed by atoms with Crippen molar-refractivity contribution in [3.05, 3.63) is 35.6 Å². The number of nitrogens with zero attached hydrogens (tertiary/aromatic N) is 2. The standard InChI is InChI=1S/C26H40N2O6Si/c1-8-11-33-25(32)27-10-9-17(14-27)12-16(2)18-13-20-21(23(29)28(20)22(18)24(30)31)19(26(3,4)5)15-34-35(6)7/h8,12,17,19-21,35H,1,9-11,13-15H2,2-7H3,(H,30,31)/t17?,19-,20-,21+/m1/s1. The van der Waals surface area contributed by atoms with Crippen LogP contribution in [0.4, 0.5) is 4.79 Å². The van der Waals surface area contributed by atoms with Gasteiger partial charge in [-0.3, -0.25) is 4.79 Å². The quantitative estimate of drug-likeness (QED) is 0.291. The van der Waals surface area contributed by atoms with Crippen molar-refractivity contribution in [3.63, 3.8) is 0 Å². The smallest absolute Gasteiger partial charge is 0.410 e. The van der Waals surface area contributed by atoms with Crippen LogP contribution in [0.15, 0.2) is 35.6 Å². The summed E-state index contributed by atoms with van der Waals surface area (Å²) in [6.45, 7) is 17.9. The van der Waals surface area contributed by atoms with Gasteiger partial charge in [0.1, 0.15) is 12.3 Å². The third-order valence-electron chi connectivity index (χ3n) is 7.34. The molecule has 3 rings (SSSR count). The maximum atomic E-state index is 13.3. The number of carboxylic acid groups (broad SMARTS) is 1. The molecule has 2 saturated heterocycles. The number of likely N-dealkylation sites (tertiary alicyclic amines) is 1. The van der Waals surface area contributed by atoms with Gasteiger partial charge in [-0.1, -0.05) is 39.5 Å². The first-order valence-electron chi connectivity index (χ1n) is 12.5. The molecule has 0 aromatic carbocycles. The molecule has 3 aliphatic rings. The minimum atomic E-state index is -1.25. The SMILES string of the molecule is C=CCOC(=O)N1CCC(C=C(C)C2=C(C(=O)O)N3C(=O)[C@@H]([C@@H](CO[SiH](C)C)C(C)(C)C)[C@H]3C2)C1. The van der Waals surface area contributed by atoms with Gasteiger partial charge in [0.15, 0.2) is 9.04 Å². The number of β-lactam (4-membered cyclic amide) rings is 1. The van der Waals surface area contributed by atoms with E-state index < -0.39 is 15.0 Å². The van der Waals surface area contributed by atoms with E-state index in [1.165, 1.54) is 11.0 Å². The Hall–Kier alpha value is -2.39. The number of carboxylic acids is 1. The molecule has 0 aromatic rings. The van der Waals surface area contributed by atoms with Crippen molar-refractivity contribution < 1.29 is 28.7 Å². The molecule has 3 aliphatic heterocycles. The number of rotatable bonds is 9. The highest BCUT2D eigenvalue weighted by molar-refractivity contribution is 6.48. The topological polar surface area (TPSA) is 96.4 Å². The van der Waals surface area contributed by atoms with Gasteiger partial charge < -0.3 is 24.1 Å². The van der Waals surface area contributed by atoms with Crippen molar-refractivity contribution in [1.29, 1.82) is 0 Å². The van der Waals surface area contributed by atoms with E-state index in [0.29, 0.717) is 26.1 Å². The molecule has 2 fully saturated rings. The summed E-state index contributed by atoms with van der Waals surface area (Å²) >= 11 is 0. The van der Waals surface area contributed by atoms with E-state index in [9.17, 15) is 19.5 Å². The lowest BCUT2D eigenvalue weighted by Crippen LogP contribution is -2.63. The van der Waals surface area contributed by atoms with Crippen LogP contribution in [0, 0.1) is 23.2 Å². The van der Waals surface area contributed by atoms with Gasteiger partial charge in [0.25, 0.3) is 0 Å². The monoisotopic (exact) mass is 504 g/mol. The fourth-order valence-corrected chi connectivity index (χ4v) is 6.08. The van der Waals surface area contributed by atoms with Crippen LogP contribution in [0.5, 0.6) is 0 Å². The van der Waals surface area contributed by atoms with Gasteiger partial charge in [-0.15, -0.1) is 0 Å². The molecule has 0 aliphatic carbocycles. The summed E-state index contributed by atoms with van der Waals surface area (Å²) in [5.74, 6) is -1.29. The maximum absolute atomic E-state index is 13.3. The van der Waals surface area contributed by atoms with E-state index >= 15 is 0 Å². The first-order valence-corrected chi connectivity index (χ1v) is 15.3. The second-order valence-electron chi connectivity index (χ2n) is 11.2. The van der Waals surface area contributed by atoms with Crippen LogP contribution in [0.1, 0.15) is 40.5 Å². The number of amides is 2. The van der Waals surface area contributed by atoms with E-state index in [1.54, 1.807) is 4.90 Å².